The van der Waals surface area contributed by atoms with Crippen molar-refractivity contribution in [2.75, 3.05) is 18.1 Å². The zero-order chi connectivity index (χ0) is 19.4. The molecule has 5 nitrogen and oxygen atoms in total. The topological polar surface area (TPSA) is 66.5 Å². The normalized spacial score (nSPS) is 15.5. The number of anilines is 1. The average molecular weight is 419 g/mol. The lowest BCUT2D eigenvalue weighted by Crippen LogP contribution is -2.36. The SMILES string of the molecule is CSc1ccc(/C=C2/SC(=O)N(CC(=O)Nc3ccccc3Cl)C2=O)cc1. The highest BCUT2D eigenvalue weighted by molar-refractivity contribution is 8.18. The van der Waals surface area contributed by atoms with Crippen LogP contribution in [0.1, 0.15) is 5.56 Å². The molecule has 0 radical (unpaired) electrons. The zero-order valence-electron chi connectivity index (χ0n) is 14.3. The van der Waals surface area contributed by atoms with E-state index in [1.807, 2.05) is 30.5 Å². The van der Waals surface area contributed by atoms with Crippen LogP contribution in [-0.4, -0.2) is 34.8 Å². The number of halogens is 1. The van der Waals surface area contributed by atoms with Crippen molar-refractivity contribution < 1.29 is 14.4 Å². The Balaban J connectivity index is 1.69. The van der Waals surface area contributed by atoms with Crippen LogP contribution in [0.15, 0.2) is 58.3 Å². The number of para-hydroxylation sites is 1. The summed E-state index contributed by atoms with van der Waals surface area (Å²) in [5.41, 5.74) is 1.25. The molecule has 27 heavy (non-hydrogen) atoms. The fourth-order valence-electron chi connectivity index (χ4n) is 2.38. The van der Waals surface area contributed by atoms with Crippen molar-refractivity contribution in [1.29, 1.82) is 0 Å². The molecule has 0 spiro atoms. The van der Waals surface area contributed by atoms with Crippen molar-refractivity contribution in [2.24, 2.45) is 0 Å². The van der Waals surface area contributed by atoms with E-state index in [0.29, 0.717) is 15.6 Å². The first kappa shape index (κ1) is 19.5. The number of nitrogens with one attached hydrogen (secondary N) is 1. The van der Waals surface area contributed by atoms with Crippen LogP contribution >= 0.6 is 35.1 Å². The maximum absolute atomic E-state index is 12.5. The van der Waals surface area contributed by atoms with Gasteiger partial charge in [-0.2, -0.15) is 0 Å². The number of thioether (sulfide) groups is 2. The molecule has 138 valence electrons. The lowest BCUT2D eigenvalue weighted by Gasteiger charge is -2.13. The summed E-state index contributed by atoms with van der Waals surface area (Å²) in [7, 11) is 0. The van der Waals surface area contributed by atoms with Gasteiger partial charge in [0.05, 0.1) is 15.6 Å². The molecule has 3 amide bonds. The Kier molecular flexibility index (Phi) is 6.26. The second-order valence-corrected chi connectivity index (χ2v) is 7.85. The fourth-order valence-corrected chi connectivity index (χ4v) is 3.81. The summed E-state index contributed by atoms with van der Waals surface area (Å²) < 4.78 is 0. The third-order valence-electron chi connectivity index (χ3n) is 3.74. The summed E-state index contributed by atoms with van der Waals surface area (Å²) in [4.78, 5) is 39.2. The van der Waals surface area contributed by atoms with E-state index < -0.39 is 17.1 Å². The van der Waals surface area contributed by atoms with Gasteiger partial charge in [0.2, 0.25) is 5.91 Å². The van der Waals surface area contributed by atoms with Crippen LogP contribution in [0.5, 0.6) is 0 Å². The van der Waals surface area contributed by atoms with Gasteiger partial charge in [-0.1, -0.05) is 35.9 Å². The molecule has 1 aliphatic heterocycles. The van der Waals surface area contributed by atoms with E-state index in [1.165, 1.54) is 0 Å². The van der Waals surface area contributed by atoms with E-state index in [2.05, 4.69) is 5.32 Å². The van der Waals surface area contributed by atoms with Gasteiger partial charge < -0.3 is 5.32 Å². The highest BCUT2D eigenvalue weighted by atomic mass is 35.5. The first-order chi connectivity index (χ1) is 13.0. The first-order valence-corrected chi connectivity index (χ1v) is 10.3. The maximum Gasteiger partial charge on any atom is 0.294 e. The number of benzene rings is 2. The molecule has 0 unspecified atom stereocenters. The van der Waals surface area contributed by atoms with Crippen molar-refractivity contribution >= 4 is 63.9 Å². The van der Waals surface area contributed by atoms with Gasteiger partial charge in [0.25, 0.3) is 11.1 Å². The van der Waals surface area contributed by atoms with E-state index in [9.17, 15) is 14.4 Å². The van der Waals surface area contributed by atoms with Gasteiger partial charge in [-0.05, 0) is 53.9 Å². The zero-order valence-corrected chi connectivity index (χ0v) is 16.7. The van der Waals surface area contributed by atoms with Crippen molar-refractivity contribution in [1.82, 2.24) is 4.90 Å². The monoisotopic (exact) mass is 418 g/mol. The van der Waals surface area contributed by atoms with Crippen LogP contribution in [0.25, 0.3) is 6.08 Å². The van der Waals surface area contributed by atoms with Crippen molar-refractivity contribution in [3.8, 4) is 0 Å². The highest BCUT2D eigenvalue weighted by Crippen LogP contribution is 2.32. The van der Waals surface area contributed by atoms with E-state index in [0.717, 1.165) is 27.1 Å². The average Bonchev–Trinajstić information content (AvgIpc) is 2.91. The van der Waals surface area contributed by atoms with E-state index in [-0.39, 0.29) is 6.54 Å². The highest BCUT2D eigenvalue weighted by Gasteiger charge is 2.36. The molecule has 1 N–H and O–H groups in total. The smallest absolute Gasteiger partial charge is 0.294 e. The molecule has 1 heterocycles. The minimum absolute atomic E-state index is 0.294. The fraction of sp³-hybridized carbons (Fsp3) is 0.105. The molecule has 1 fully saturated rings. The molecule has 8 heteroatoms. The third-order valence-corrected chi connectivity index (χ3v) is 5.72. The molecule has 3 rings (SSSR count). The number of rotatable bonds is 5. The first-order valence-electron chi connectivity index (χ1n) is 7.92. The lowest BCUT2D eigenvalue weighted by molar-refractivity contribution is -0.127. The lowest BCUT2D eigenvalue weighted by atomic mass is 10.2. The van der Waals surface area contributed by atoms with Gasteiger partial charge >= 0.3 is 0 Å². The molecule has 0 saturated carbocycles. The number of carbonyl (C=O) groups excluding carboxylic acids is 3. The molecular formula is C19H15ClN2O3S2. The van der Waals surface area contributed by atoms with Crippen molar-refractivity contribution in [3.05, 3.63) is 64.0 Å². The van der Waals surface area contributed by atoms with Gasteiger partial charge in [0.1, 0.15) is 6.54 Å². The van der Waals surface area contributed by atoms with Gasteiger partial charge in [-0.3, -0.25) is 19.3 Å². The van der Waals surface area contributed by atoms with E-state index in [1.54, 1.807) is 42.1 Å². The molecular weight excluding hydrogens is 404 g/mol. The summed E-state index contributed by atoms with van der Waals surface area (Å²) in [6.45, 7) is -0.362. The summed E-state index contributed by atoms with van der Waals surface area (Å²) in [6.07, 6.45) is 3.63. The molecule has 2 aromatic carbocycles. The maximum atomic E-state index is 12.5. The van der Waals surface area contributed by atoms with Crippen LogP contribution in [0.2, 0.25) is 5.02 Å². The van der Waals surface area contributed by atoms with Gasteiger partial charge in [-0.15, -0.1) is 11.8 Å². The van der Waals surface area contributed by atoms with Gasteiger partial charge in [0.15, 0.2) is 0 Å². The van der Waals surface area contributed by atoms with Crippen molar-refractivity contribution in [3.63, 3.8) is 0 Å². The second kappa shape index (κ2) is 8.65. The third kappa shape index (κ3) is 4.74. The number of hydrogen-bond donors (Lipinski definition) is 1. The number of imide groups is 1. The summed E-state index contributed by atoms with van der Waals surface area (Å²) in [6, 6.07) is 14.4. The molecule has 0 aliphatic carbocycles. The van der Waals surface area contributed by atoms with Crippen molar-refractivity contribution in [2.45, 2.75) is 4.90 Å². The number of amides is 3. The van der Waals surface area contributed by atoms with E-state index in [4.69, 9.17) is 11.6 Å². The standard InChI is InChI=1S/C19H15ClN2O3S2/c1-26-13-8-6-12(7-9-13)10-16-18(24)22(19(25)27-16)11-17(23)21-15-5-3-2-4-14(15)20/h2-10H,11H2,1H3,(H,21,23)/b16-10+. The summed E-state index contributed by atoms with van der Waals surface area (Å²) >= 11 is 8.45. The predicted molar refractivity (Wildman–Crippen MR) is 111 cm³/mol. The van der Waals surface area contributed by atoms with Crippen LogP contribution in [0.3, 0.4) is 0 Å². The quantitative estimate of drug-likeness (QED) is 0.561. The van der Waals surface area contributed by atoms with Crippen LogP contribution in [0.4, 0.5) is 10.5 Å². The molecule has 0 aromatic heterocycles. The second-order valence-electron chi connectivity index (χ2n) is 5.57. The molecule has 0 bridgehead atoms. The Hall–Kier alpha value is -2.22. The molecule has 2 aromatic rings. The van der Waals surface area contributed by atoms with Crippen LogP contribution in [0, 0.1) is 0 Å². The predicted octanol–water partition coefficient (Wildman–Crippen LogP) is 4.74. The Morgan fingerprint density at radius 1 is 1.19 bits per heavy atom. The Morgan fingerprint density at radius 3 is 2.56 bits per heavy atom. The van der Waals surface area contributed by atoms with E-state index >= 15 is 0 Å². The minimum atomic E-state index is -0.490. The number of carbonyl (C=O) groups is 3. The van der Waals surface area contributed by atoms with Gasteiger partial charge in [-0.25, -0.2) is 0 Å². The Labute approximate surface area is 170 Å². The molecule has 1 aliphatic rings. The van der Waals surface area contributed by atoms with Gasteiger partial charge in [0, 0.05) is 4.90 Å². The largest absolute Gasteiger partial charge is 0.323 e. The molecule has 1 saturated heterocycles. The Bertz CT molecular complexity index is 929. The molecule has 0 atom stereocenters. The summed E-state index contributed by atoms with van der Waals surface area (Å²) in [5.74, 6) is -0.968. The number of hydrogen-bond acceptors (Lipinski definition) is 5. The van der Waals surface area contributed by atoms with Crippen LogP contribution < -0.4 is 5.32 Å². The number of nitrogens with zero attached hydrogens (tertiary/aromatic N) is 1. The summed E-state index contributed by atoms with van der Waals surface area (Å²) in [5, 5.41) is 2.52. The Morgan fingerprint density at radius 2 is 1.89 bits per heavy atom. The van der Waals surface area contributed by atoms with Crippen LogP contribution in [-0.2, 0) is 9.59 Å². The minimum Gasteiger partial charge on any atom is -0.323 e.